The zero-order valence-electron chi connectivity index (χ0n) is 15.9. The van der Waals surface area contributed by atoms with Crippen molar-refractivity contribution in [3.8, 4) is 0 Å². The minimum Gasteiger partial charge on any atom is -0.342 e. The summed E-state index contributed by atoms with van der Waals surface area (Å²) < 4.78 is 13.8. The van der Waals surface area contributed by atoms with Gasteiger partial charge in [-0.25, -0.2) is 4.39 Å². The Hall–Kier alpha value is -2.69. The monoisotopic (exact) mass is 380 g/mol. The van der Waals surface area contributed by atoms with Crippen LogP contribution in [0.25, 0.3) is 0 Å². The minimum absolute atomic E-state index is 0.0522. The molecule has 2 heterocycles. The molecule has 146 valence electrons. The van der Waals surface area contributed by atoms with E-state index in [2.05, 4.69) is 6.07 Å². The van der Waals surface area contributed by atoms with Crippen molar-refractivity contribution in [1.29, 1.82) is 0 Å². The summed E-state index contributed by atoms with van der Waals surface area (Å²) >= 11 is 0. The lowest BCUT2D eigenvalue weighted by molar-refractivity contribution is -0.134. The van der Waals surface area contributed by atoms with Gasteiger partial charge in [0.2, 0.25) is 11.8 Å². The molecule has 4 nitrogen and oxygen atoms in total. The first-order valence-electron chi connectivity index (χ1n) is 10.0. The maximum absolute atomic E-state index is 13.8. The van der Waals surface area contributed by atoms with Gasteiger partial charge in [-0.15, -0.1) is 0 Å². The first-order chi connectivity index (χ1) is 13.6. The van der Waals surface area contributed by atoms with Gasteiger partial charge in [0.1, 0.15) is 5.82 Å². The van der Waals surface area contributed by atoms with E-state index in [9.17, 15) is 14.0 Å². The molecule has 28 heavy (non-hydrogen) atoms. The number of rotatable bonds is 3. The van der Waals surface area contributed by atoms with Crippen LogP contribution in [0, 0.1) is 11.7 Å². The largest absolute Gasteiger partial charge is 0.342 e. The summed E-state index contributed by atoms with van der Waals surface area (Å²) in [5.74, 6) is -0.291. The first kappa shape index (κ1) is 18.7. The van der Waals surface area contributed by atoms with Gasteiger partial charge in [-0.2, -0.15) is 0 Å². The quantitative estimate of drug-likeness (QED) is 0.817. The van der Waals surface area contributed by atoms with E-state index >= 15 is 0 Å². The second-order valence-corrected chi connectivity index (χ2v) is 7.65. The number of aryl methyl sites for hydroxylation is 1. The molecule has 2 aromatic rings. The predicted molar refractivity (Wildman–Crippen MR) is 107 cm³/mol. The Labute approximate surface area is 164 Å². The summed E-state index contributed by atoms with van der Waals surface area (Å²) in [6, 6.07) is 14.5. The lowest BCUT2D eigenvalue weighted by Gasteiger charge is -2.36. The highest BCUT2D eigenvalue weighted by Gasteiger charge is 2.32. The van der Waals surface area contributed by atoms with Gasteiger partial charge in [0.25, 0.3) is 0 Å². The van der Waals surface area contributed by atoms with Crippen LogP contribution in [0.3, 0.4) is 0 Å². The average molecular weight is 380 g/mol. The van der Waals surface area contributed by atoms with Crippen LogP contribution in [0.1, 0.15) is 30.4 Å². The normalized spacial score (nSPS) is 17.3. The van der Waals surface area contributed by atoms with Crippen molar-refractivity contribution in [3.63, 3.8) is 0 Å². The number of piperidine rings is 1. The predicted octanol–water partition coefficient (Wildman–Crippen LogP) is 3.59. The lowest BCUT2D eigenvalue weighted by Crippen LogP contribution is -2.46. The second kappa shape index (κ2) is 8.13. The van der Waals surface area contributed by atoms with E-state index in [0.29, 0.717) is 31.5 Å². The van der Waals surface area contributed by atoms with Gasteiger partial charge in [-0.3, -0.25) is 9.59 Å². The van der Waals surface area contributed by atoms with Crippen molar-refractivity contribution in [2.75, 3.05) is 24.5 Å². The number of nitrogens with zero attached hydrogens (tertiary/aromatic N) is 2. The SMILES string of the molecule is O=C(Cc1ccccc1F)N1CCC(C(=O)N2CCCc3ccccc32)CC1. The number of carbonyl (C=O) groups is 2. The molecule has 0 bridgehead atoms. The average Bonchev–Trinajstić information content (AvgIpc) is 2.74. The van der Waals surface area contributed by atoms with Gasteiger partial charge >= 0.3 is 0 Å². The molecular weight excluding hydrogens is 355 g/mol. The molecule has 0 unspecified atom stereocenters. The van der Waals surface area contributed by atoms with Crippen LogP contribution in [0.5, 0.6) is 0 Å². The summed E-state index contributed by atoms with van der Waals surface area (Å²) in [5.41, 5.74) is 2.70. The van der Waals surface area contributed by atoms with E-state index in [1.54, 1.807) is 23.1 Å². The summed E-state index contributed by atoms with van der Waals surface area (Å²) in [4.78, 5) is 29.3. The summed E-state index contributed by atoms with van der Waals surface area (Å²) in [7, 11) is 0. The molecule has 1 fully saturated rings. The number of hydrogen-bond donors (Lipinski definition) is 0. The van der Waals surface area contributed by atoms with E-state index in [-0.39, 0.29) is 30.0 Å². The smallest absolute Gasteiger partial charge is 0.230 e. The van der Waals surface area contributed by atoms with Crippen LogP contribution in [-0.4, -0.2) is 36.3 Å². The lowest BCUT2D eigenvalue weighted by atomic mass is 9.92. The Morgan fingerprint density at radius 3 is 2.46 bits per heavy atom. The third-order valence-corrected chi connectivity index (χ3v) is 5.87. The van der Waals surface area contributed by atoms with Gasteiger partial charge in [0.05, 0.1) is 6.42 Å². The summed E-state index contributed by atoms with van der Waals surface area (Å²) in [6.45, 7) is 1.88. The van der Waals surface area contributed by atoms with Crippen molar-refractivity contribution in [2.24, 2.45) is 5.92 Å². The third kappa shape index (κ3) is 3.79. The van der Waals surface area contributed by atoms with Crippen LogP contribution in [0.2, 0.25) is 0 Å². The van der Waals surface area contributed by atoms with E-state index in [1.165, 1.54) is 11.6 Å². The van der Waals surface area contributed by atoms with Crippen molar-refractivity contribution in [1.82, 2.24) is 4.90 Å². The van der Waals surface area contributed by atoms with E-state index in [0.717, 1.165) is 25.1 Å². The topological polar surface area (TPSA) is 40.6 Å². The number of fused-ring (bicyclic) bond motifs is 1. The number of para-hydroxylation sites is 1. The van der Waals surface area contributed by atoms with Crippen molar-refractivity contribution >= 4 is 17.5 Å². The van der Waals surface area contributed by atoms with Crippen LogP contribution >= 0.6 is 0 Å². The van der Waals surface area contributed by atoms with Crippen LogP contribution in [0.4, 0.5) is 10.1 Å². The Balaban J connectivity index is 1.36. The van der Waals surface area contributed by atoms with Crippen LogP contribution in [-0.2, 0) is 22.4 Å². The molecule has 1 saturated heterocycles. The van der Waals surface area contributed by atoms with Gasteiger partial charge < -0.3 is 9.80 Å². The molecule has 2 amide bonds. The second-order valence-electron chi connectivity index (χ2n) is 7.65. The number of anilines is 1. The zero-order valence-corrected chi connectivity index (χ0v) is 15.9. The summed E-state index contributed by atoms with van der Waals surface area (Å²) in [5, 5.41) is 0. The molecule has 2 aliphatic rings. The number of benzene rings is 2. The maximum Gasteiger partial charge on any atom is 0.230 e. The molecule has 0 aliphatic carbocycles. The van der Waals surface area contributed by atoms with Gasteiger partial charge in [0.15, 0.2) is 0 Å². The first-order valence-corrected chi connectivity index (χ1v) is 10.0. The summed E-state index contributed by atoms with van der Waals surface area (Å²) in [6.07, 6.45) is 3.41. The van der Waals surface area contributed by atoms with E-state index in [4.69, 9.17) is 0 Å². The molecule has 4 rings (SSSR count). The van der Waals surface area contributed by atoms with Crippen molar-refractivity contribution < 1.29 is 14.0 Å². The molecule has 0 aromatic heterocycles. The standard InChI is InChI=1S/C23H25FN2O2/c24-20-9-3-1-7-19(20)16-22(27)25-14-11-18(12-15-25)23(28)26-13-5-8-17-6-2-4-10-21(17)26/h1-4,6-7,9-10,18H,5,8,11-16H2. The number of carbonyl (C=O) groups excluding carboxylic acids is 2. The van der Waals surface area contributed by atoms with Crippen molar-refractivity contribution in [3.05, 3.63) is 65.5 Å². The molecule has 0 saturated carbocycles. The van der Waals surface area contributed by atoms with Gasteiger partial charge in [-0.05, 0) is 48.9 Å². The Kier molecular flexibility index (Phi) is 5.42. The Bertz CT molecular complexity index is 874. The third-order valence-electron chi connectivity index (χ3n) is 5.87. The maximum atomic E-state index is 13.8. The molecule has 5 heteroatoms. The minimum atomic E-state index is -0.343. The number of halogens is 1. The fourth-order valence-corrected chi connectivity index (χ4v) is 4.28. The number of hydrogen-bond acceptors (Lipinski definition) is 2. The Morgan fingerprint density at radius 2 is 1.68 bits per heavy atom. The molecule has 0 radical (unpaired) electrons. The molecule has 0 atom stereocenters. The molecule has 2 aliphatic heterocycles. The van der Waals surface area contributed by atoms with Crippen LogP contribution in [0.15, 0.2) is 48.5 Å². The van der Waals surface area contributed by atoms with Gasteiger partial charge in [0, 0.05) is 31.2 Å². The number of likely N-dealkylation sites (tertiary alicyclic amines) is 1. The van der Waals surface area contributed by atoms with Crippen molar-refractivity contribution in [2.45, 2.75) is 32.1 Å². The Morgan fingerprint density at radius 1 is 0.964 bits per heavy atom. The fraction of sp³-hybridized carbons (Fsp3) is 0.391. The highest BCUT2D eigenvalue weighted by Crippen LogP contribution is 2.30. The van der Waals surface area contributed by atoms with E-state index in [1.807, 2.05) is 23.1 Å². The van der Waals surface area contributed by atoms with Gasteiger partial charge in [-0.1, -0.05) is 36.4 Å². The molecule has 2 aromatic carbocycles. The number of amides is 2. The fourth-order valence-electron chi connectivity index (χ4n) is 4.28. The highest BCUT2D eigenvalue weighted by molar-refractivity contribution is 5.96. The molecule has 0 spiro atoms. The van der Waals surface area contributed by atoms with E-state index < -0.39 is 0 Å². The molecule has 0 N–H and O–H groups in total. The van der Waals surface area contributed by atoms with Crippen LogP contribution < -0.4 is 4.90 Å². The highest BCUT2D eigenvalue weighted by atomic mass is 19.1. The zero-order chi connectivity index (χ0) is 19.5. The molecular formula is C23H25FN2O2.